The number of carbonyl (C=O) groups is 1. The fourth-order valence-electron chi connectivity index (χ4n) is 3.32. The third-order valence-electron chi connectivity index (χ3n) is 5.05. The van der Waals surface area contributed by atoms with E-state index in [1.54, 1.807) is 26.4 Å². The molecule has 4 rings (SSSR count). The number of aryl methyl sites for hydroxylation is 1. The second kappa shape index (κ2) is 9.34. The van der Waals surface area contributed by atoms with E-state index in [1.807, 2.05) is 61.5 Å². The molecule has 162 valence electrons. The molecule has 0 fully saturated rings. The molecule has 7 heteroatoms. The molecular weight excluding hydrogens is 404 g/mol. The molecule has 0 saturated carbocycles. The van der Waals surface area contributed by atoms with Crippen LogP contribution in [0.25, 0.3) is 10.9 Å². The van der Waals surface area contributed by atoms with Gasteiger partial charge in [0, 0.05) is 23.2 Å². The van der Waals surface area contributed by atoms with Gasteiger partial charge in [0.05, 0.1) is 19.7 Å². The van der Waals surface area contributed by atoms with Gasteiger partial charge in [-0.15, -0.1) is 0 Å². The lowest BCUT2D eigenvalue weighted by Crippen LogP contribution is -2.25. The van der Waals surface area contributed by atoms with Crippen molar-refractivity contribution in [1.82, 2.24) is 15.3 Å². The Balaban J connectivity index is 1.61. The van der Waals surface area contributed by atoms with E-state index in [0.717, 1.165) is 22.2 Å². The summed E-state index contributed by atoms with van der Waals surface area (Å²) in [5.41, 5.74) is 3.52. The molecule has 0 radical (unpaired) electrons. The van der Waals surface area contributed by atoms with Crippen molar-refractivity contribution in [2.24, 2.45) is 0 Å². The minimum atomic E-state index is -0.382. The third-order valence-corrected chi connectivity index (χ3v) is 5.05. The van der Waals surface area contributed by atoms with Crippen LogP contribution in [0.5, 0.6) is 11.5 Å². The van der Waals surface area contributed by atoms with Crippen molar-refractivity contribution >= 4 is 28.3 Å². The second-order valence-electron chi connectivity index (χ2n) is 7.26. The minimum absolute atomic E-state index is 0.0835. The Morgan fingerprint density at radius 2 is 1.72 bits per heavy atom. The lowest BCUT2D eigenvalue weighted by atomic mass is 10.2. The Labute approximate surface area is 186 Å². The molecule has 0 spiro atoms. The molecule has 1 aromatic heterocycles. The number of para-hydroxylation sites is 1. The van der Waals surface area contributed by atoms with E-state index in [4.69, 9.17) is 9.47 Å². The Morgan fingerprint density at radius 1 is 0.938 bits per heavy atom. The van der Waals surface area contributed by atoms with Crippen molar-refractivity contribution in [2.75, 3.05) is 19.5 Å². The van der Waals surface area contributed by atoms with Gasteiger partial charge in [-0.05, 0) is 49.4 Å². The molecule has 1 heterocycles. The number of ether oxygens (including phenoxy) is 2. The van der Waals surface area contributed by atoms with E-state index in [-0.39, 0.29) is 18.3 Å². The molecule has 4 aromatic rings. The summed E-state index contributed by atoms with van der Waals surface area (Å²) in [6, 6.07) is 21.0. The zero-order valence-electron chi connectivity index (χ0n) is 18.2. The van der Waals surface area contributed by atoms with Gasteiger partial charge in [0.15, 0.2) is 0 Å². The number of hydrogen-bond acceptors (Lipinski definition) is 6. The molecule has 0 aliphatic carbocycles. The van der Waals surface area contributed by atoms with Crippen molar-refractivity contribution in [2.45, 2.75) is 13.5 Å². The maximum Gasteiger partial charge on any atom is 0.289 e. The van der Waals surface area contributed by atoms with Gasteiger partial charge in [0.2, 0.25) is 5.82 Å². The van der Waals surface area contributed by atoms with Crippen LogP contribution in [0.2, 0.25) is 0 Å². The summed E-state index contributed by atoms with van der Waals surface area (Å²) in [5, 5.41) is 7.02. The van der Waals surface area contributed by atoms with E-state index in [9.17, 15) is 4.79 Å². The minimum Gasteiger partial charge on any atom is -0.497 e. The quantitative estimate of drug-likeness (QED) is 0.446. The van der Waals surface area contributed by atoms with E-state index < -0.39 is 0 Å². The fraction of sp³-hybridized carbons (Fsp3) is 0.160. The monoisotopic (exact) mass is 428 g/mol. The number of aromatic nitrogens is 2. The molecule has 32 heavy (non-hydrogen) atoms. The highest BCUT2D eigenvalue weighted by Crippen LogP contribution is 2.25. The predicted molar refractivity (Wildman–Crippen MR) is 125 cm³/mol. The normalized spacial score (nSPS) is 10.6. The van der Waals surface area contributed by atoms with E-state index in [1.165, 1.54) is 0 Å². The van der Waals surface area contributed by atoms with E-state index in [2.05, 4.69) is 20.6 Å². The average molecular weight is 428 g/mol. The Bertz CT molecular complexity index is 1260. The highest BCUT2D eigenvalue weighted by atomic mass is 16.5. The summed E-state index contributed by atoms with van der Waals surface area (Å²) in [4.78, 5) is 21.9. The van der Waals surface area contributed by atoms with Gasteiger partial charge < -0.3 is 20.1 Å². The van der Waals surface area contributed by atoms with Crippen molar-refractivity contribution in [3.05, 3.63) is 83.7 Å². The fourth-order valence-corrected chi connectivity index (χ4v) is 3.32. The van der Waals surface area contributed by atoms with Crippen molar-refractivity contribution in [1.29, 1.82) is 0 Å². The van der Waals surface area contributed by atoms with Crippen LogP contribution in [0.4, 0.5) is 11.5 Å². The van der Waals surface area contributed by atoms with Crippen LogP contribution in [-0.4, -0.2) is 30.1 Å². The topological polar surface area (TPSA) is 85.4 Å². The first-order valence-corrected chi connectivity index (χ1v) is 10.2. The van der Waals surface area contributed by atoms with Crippen molar-refractivity contribution in [3.63, 3.8) is 0 Å². The maximum atomic E-state index is 12.9. The average Bonchev–Trinajstić information content (AvgIpc) is 2.83. The molecule has 3 aromatic carbocycles. The molecule has 0 aliphatic heterocycles. The van der Waals surface area contributed by atoms with Crippen molar-refractivity contribution < 1.29 is 14.3 Å². The van der Waals surface area contributed by atoms with Crippen LogP contribution >= 0.6 is 0 Å². The van der Waals surface area contributed by atoms with Crippen LogP contribution in [0, 0.1) is 6.92 Å². The SMILES string of the molecule is COc1ccc(OC)c(CNC(=O)c2nc(Nc3ccc(C)cc3)c3ccccc3n2)c1. The first-order valence-electron chi connectivity index (χ1n) is 10.2. The first-order chi connectivity index (χ1) is 15.6. The van der Waals surface area contributed by atoms with Crippen LogP contribution in [0.3, 0.4) is 0 Å². The third kappa shape index (κ3) is 4.62. The van der Waals surface area contributed by atoms with Gasteiger partial charge in [0.25, 0.3) is 5.91 Å². The number of amides is 1. The van der Waals surface area contributed by atoms with Crippen LogP contribution in [0.1, 0.15) is 21.7 Å². The smallest absolute Gasteiger partial charge is 0.289 e. The molecule has 0 atom stereocenters. The Kier molecular flexibility index (Phi) is 6.17. The summed E-state index contributed by atoms with van der Waals surface area (Å²) in [6.45, 7) is 2.28. The molecule has 0 bridgehead atoms. The zero-order chi connectivity index (χ0) is 22.5. The number of anilines is 2. The molecular formula is C25H24N4O3. The summed E-state index contributed by atoms with van der Waals surface area (Å²) in [7, 11) is 3.18. The van der Waals surface area contributed by atoms with Gasteiger partial charge in [-0.25, -0.2) is 9.97 Å². The molecule has 0 saturated heterocycles. The summed E-state index contributed by atoms with van der Waals surface area (Å²) in [5.74, 6) is 1.62. The molecule has 0 aliphatic rings. The molecule has 0 unspecified atom stereocenters. The lowest BCUT2D eigenvalue weighted by molar-refractivity contribution is 0.0940. The van der Waals surface area contributed by atoms with E-state index in [0.29, 0.717) is 22.8 Å². The summed E-state index contributed by atoms with van der Waals surface area (Å²) in [6.07, 6.45) is 0. The van der Waals surface area contributed by atoms with Crippen molar-refractivity contribution in [3.8, 4) is 11.5 Å². The summed E-state index contributed by atoms with van der Waals surface area (Å²) < 4.78 is 10.7. The van der Waals surface area contributed by atoms with Crippen LogP contribution in [0.15, 0.2) is 66.7 Å². The number of carbonyl (C=O) groups excluding carboxylic acids is 1. The standard InChI is InChI=1S/C25H24N4O3/c1-16-8-10-18(11-9-16)27-23-20-6-4-5-7-21(20)28-24(29-23)25(30)26-15-17-14-19(31-2)12-13-22(17)32-3/h4-14H,15H2,1-3H3,(H,26,30)(H,27,28,29). The molecule has 7 nitrogen and oxygen atoms in total. The molecule has 1 amide bonds. The predicted octanol–water partition coefficient (Wildman–Crippen LogP) is 4.63. The zero-order valence-corrected chi connectivity index (χ0v) is 18.2. The lowest BCUT2D eigenvalue weighted by Gasteiger charge is -2.13. The van der Waals surface area contributed by atoms with Gasteiger partial charge in [-0.3, -0.25) is 4.79 Å². The molecule has 2 N–H and O–H groups in total. The van der Waals surface area contributed by atoms with Crippen LogP contribution < -0.4 is 20.1 Å². The second-order valence-corrected chi connectivity index (χ2v) is 7.26. The van der Waals surface area contributed by atoms with Crippen LogP contribution in [-0.2, 0) is 6.54 Å². The maximum absolute atomic E-state index is 12.9. The Hall–Kier alpha value is -4.13. The highest BCUT2D eigenvalue weighted by molar-refractivity contribution is 5.97. The number of benzene rings is 3. The number of nitrogens with zero attached hydrogens (tertiary/aromatic N) is 2. The first kappa shape index (κ1) is 21.1. The largest absolute Gasteiger partial charge is 0.497 e. The number of nitrogens with one attached hydrogen (secondary N) is 2. The highest BCUT2D eigenvalue weighted by Gasteiger charge is 2.15. The number of rotatable bonds is 7. The van der Waals surface area contributed by atoms with Gasteiger partial charge >= 0.3 is 0 Å². The van der Waals surface area contributed by atoms with Gasteiger partial charge in [-0.1, -0.05) is 29.8 Å². The number of fused-ring (bicyclic) bond motifs is 1. The van der Waals surface area contributed by atoms with E-state index >= 15 is 0 Å². The number of methoxy groups -OCH3 is 2. The van der Waals surface area contributed by atoms with Gasteiger partial charge in [0.1, 0.15) is 17.3 Å². The number of hydrogen-bond donors (Lipinski definition) is 2. The summed E-state index contributed by atoms with van der Waals surface area (Å²) >= 11 is 0. The van der Waals surface area contributed by atoms with Gasteiger partial charge in [-0.2, -0.15) is 0 Å². The Morgan fingerprint density at radius 3 is 2.47 bits per heavy atom.